The molecule has 0 radical (unpaired) electrons. The van der Waals surface area contributed by atoms with E-state index in [1.807, 2.05) is 6.07 Å². The highest BCUT2D eigenvalue weighted by atomic mass is 79.9. The van der Waals surface area contributed by atoms with Crippen LogP contribution in [0.4, 0.5) is 0 Å². The molecular formula is C15H22BrNO2. The van der Waals surface area contributed by atoms with Crippen molar-refractivity contribution < 1.29 is 9.47 Å². The van der Waals surface area contributed by atoms with Crippen LogP contribution >= 0.6 is 15.9 Å². The van der Waals surface area contributed by atoms with Gasteiger partial charge in [0.25, 0.3) is 0 Å². The normalized spacial score (nSPS) is 16.5. The molecule has 106 valence electrons. The summed E-state index contributed by atoms with van der Waals surface area (Å²) in [5.41, 5.74) is 1.25. The van der Waals surface area contributed by atoms with E-state index in [0.29, 0.717) is 6.10 Å². The molecule has 4 heteroatoms. The highest BCUT2D eigenvalue weighted by Crippen LogP contribution is 2.25. The van der Waals surface area contributed by atoms with Gasteiger partial charge in [0.2, 0.25) is 0 Å². The lowest BCUT2D eigenvalue weighted by Gasteiger charge is -2.23. The van der Waals surface area contributed by atoms with Gasteiger partial charge in [0.1, 0.15) is 11.9 Å². The Hall–Kier alpha value is -0.580. The summed E-state index contributed by atoms with van der Waals surface area (Å²) in [6, 6.07) is 6.22. The Labute approximate surface area is 123 Å². The molecule has 0 spiro atoms. The molecule has 2 rings (SSSR count). The van der Waals surface area contributed by atoms with Crippen molar-refractivity contribution in [3.63, 3.8) is 0 Å². The first kappa shape index (κ1) is 14.8. The third-order valence-electron chi connectivity index (χ3n) is 3.23. The molecule has 0 saturated carbocycles. The third kappa shape index (κ3) is 4.79. The second-order valence-corrected chi connectivity index (χ2v) is 5.71. The van der Waals surface area contributed by atoms with Crippen molar-refractivity contribution in [2.75, 3.05) is 19.8 Å². The van der Waals surface area contributed by atoms with Crippen LogP contribution in [0.3, 0.4) is 0 Å². The lowest BCUT2D eigenvalue weighted by Crippen LogP contribution is -2.26. The maximum atomic E-state index is 6.03. The summed E-state index contributed by atoms with van der Waals surface area (Å²) >= 11 is 3.59. The number of benzene rings is 1. The predicted molar refractivity (Wildman–Crippen MR) is 80.6 cm³/mol. The second kappa shape index (κ2) is 7.88. The van der Waals surface area contributed by atoms with E-state index in [9.17, 15) is 0 Å². The van der Waals surface area contributed by atoms with Crippen molar-refractivity contribution >= 4 is 15.9 Å². The Balaban J connectivity index is 1.94. The van der Waals surface area contributed by atoms with Gasteiger partial charge in [0.15, 0.2) is 0 Å². The maximum Gasteiger partial charge on any atom is 0.120 e. The van der Waals surface area contributed by atoms with Gasteiger partial charge in [0.05, 0.1) is 13.2 Å². The first-order valence-electron chi connectivity index (χ1n) is 7.03. The van der Waals surface area contributed by atoms with Gasteiger partial charge in [-0.25, -0.2) is 0 Å². The molecule has 0 bridgehead atoms. The minimum Gasteiger partial charge on any atom is -0.490 e. The van der Waals surface area contributed by atoms with Crippen molar-refractivity contribution in [1.29, 1.82) is 0 Å². The zero-order valence-corrected chi connectivity index (χ0v) is 13.0. The highest BCUT2D eigenvalue weighted by Gasteiger charge is 2.15. The van der Waals surface area contributed by atoms with Crippen LogP contribution in [0.2, 0.25) is 0 Å². The smallest absolute Gasteiger partial charge is 0.120 e. The number of rotatable bonds is 6. The van der Waals surface area contributed by atoms with E-state index in [2.05, 4.69) is 40.3 Å². The average molecular weight is 328 g/mol. The van der Waals surface area contributed by atoms with Crippen LogP contribution in [0.15, 0.2) is 22.7 Å². The van der Waals surface area contributed by atoms with Crippen LogP contribution in [0.5, 0.6) is 5.75 Å². The van der Waals surface area contributed by atoms with Crippen LogP contribution in [0, 0.1) is 0 Å². The van der Waals surface area contributed by atoms with Gasteiger partial charge in [-0.05, 0) is 36.7 Å². The summed E-state index contributed by atoms with van der Waals surface area (Å²) in [7, 11) is 0. The van der Waals surface area contributed by atoms with Crippen LogP contribution in [0.25, 0.3) is 0 Å². The minimum absolute atomic E-state index is 0.298. The molecule has 1 aliphatic rings. The molecular weight excluding hydrogens is 306 g/mol. The summed E-state index contributed by atoms with van der Waals surface area (Å²) in [5.74, 6) is 0.961. The zero-order valence-electron chi connectivity index (χ0n) is 11.5. The summed E-state index contributed by atoms with van der Waals surface area (Å²) in [6.07, 6.45) is 3.42. The van der Waals surface area contributed by atoms with E-state index in [1.54, 1.807) is 0 Å². The Kier molecular flexibility index (Phi) is 6.14. The SMILES string of the molecule is CCCNCc1cc(OC2CCOCC2)ccc1Br. The van der Waals surface area contributed by atoms with Crippen LogP contribution < -0.4 is 10.1 Å². The molecule has 1 N–H and O–H groups in total. The number of hydrogen-bond donors (Lipinski definition) is 1. The molecule has 1 aromatic carbocycles. The van der Waals surface area contributed by atoms with E-state index < -0.39 is 0 Å². The number of ether oxygens (including phenoxy) is 2. The molecule has 0 aromatic heterocycles. The maximum absolute atomic E-state index is 6.03. The van der Waals surface area contributed by atoms with Crippen LogP contribution in [-0.2, 0) is 11.3 Å². The van der Waals surface area contributed by atoms with Gasteiger partial charge < -0.3 is 14.8 Å². The van der Waals surface area contributed by atoms with Gasteiger partial charge in [0, 0.05) is 23.9 Å². The average Bonchev–Trinajstić information content (AvgIpc) is 2.44. The summed E-state index contributed by atoms with van der Waals surface area (Å²) in [6.45, 7) is 5.71. The van der Waals surface area contributed by atoms with Crippen LogP contribution in [-0.4, -0.2) is 25.9 Å². The quantitative estimate of drug-likeness (QED) is 0.811. The summed E-state index contributed by atoms with van der Waals surface area (Å²) in [5, 5.41) is 3.42. The van der Waals surface area contributed by atoms with Gasteiger partial charge in [-0.3, -0.25) is 0 Å². The van der Waals surface area contributed by atoms with Gasteiger partial charge in [-0.2, -0.15) is 0 Å². The van der Waals surface area contributed by atoms with Crippen molar-refractivity contribution in [3.8, 4) is 5.75 Å². The van der Waals surface area contributed by atoms with Gasteiger partial charge >= 0.3 is 0 Å². The molecule has 0 atom stereocenters. The molecule has 1 heterocycles. The van der Waals surface area contributed by atoms with Gasteiger partial charge in [-0.15, -0.1) is 0 Å². The van der Waals surface area contributed by atoms with Crippen molar-refractivity contribution in [1.82, 2.24) is 5.32 Å². The van der Waals surface area contributed by atoms with E-state index in [-0.39, 0.29) is 0 Å². The zero-order chi connectivity index (χ0) is 13.5. The first-order valence-corrected chi connectivity index (χ1v) is 7.82. The Morgan fingerprint density at radius 1 is 1.37 bits per heavy atom. The molecule has 1 fully saturated rings. The summed E-state index contributed by atoms with van der Waals surface area (Å²) < 4.78 is 12.5. The second-order valence-electron chi connectivity index (χ2n) is 4.86. The van der Waals surface area contributed by atoms with E-state index in [1.165, 1.54) is 5.56 Å². The third-order valence-corrected chi connectivity index (χ3v) is 4.00. The number of nitrogens with one attached hydrogen (secondary N) is 1. The van der Waals surface area contributed by atoms with Gasteiger partial charge in [-0.1, -0.05) is 22.9 Å². The number of halogens is 1. The summed E-state index contributed by atoms with van der Waals surface area (Å²) in [4.78, 5) is 0. The first-order chi connectivity index (χ1) is 9.29. The lowest BCUT2D eigenvalue weighted by atomic mass is 10.1. The highest BCUT2D eigenvalue weighted by molar-refractivity contribution is 9.10. The monoisotopic (exact) mass is 327 g/mol. The van der Waals surface area contributed by atoms with Crippen LogP contribution in [0.1, 0.15) is 31.7 Å². The Morgan fingerprint density at radius 2 is 2.16 bits per heavy atom. The fourth-order valence-corrected chi connectivity index (χ4v) is 2.53. The van der Waals surface area contributed by atoms with Crippen molar-refractivity contribution in [2.24, 2.45) is 0 Å². The number of hydrogen-bond acceptors (Lipinski definition) is 3. The van der Waals surface area contributed by atoms with Crippen molar-refractivity contribution in [2.45, 2.75) is 38.8 Å². The van der Waals surface area contributed by atoms with E-state index >= 15 is 0 Å². The van der Waals surface area contributed by atoms with Crippen molar-refractivity contribution in [3.05, 3.63) is 28.2 Å². The molecule has 0 aliphatic carbocycles. The Bertz CT molecular complexity index is 392. The molecule has 0 amide bonds. The predicted octanol–water partition coefficient (Wildman–Crippen LogP) is 3.51. The Morgan fingerprint density at radius 3 is 2.89 bits per heavy atom. The largest absolute Gasteiger partial charge is 0.490 e. The molecule has 1 saturated heterocycles. The molecule has 1 aliphatic heterocycles. The topological polar surface area (TPSA) is 30.5 Å². The van der Waals surface area contributed by atoms with E-state index in [0.717, 1.165) is 55.8 Å². The standard InChI is InChI=1S/C15H22BrNO2/c1-2-7-17-11-12-10-14(3-4-15(12)16)19-13-5-8-18-9-6-13/h3-4,10,13,17H,2,5-9,11H2,1H3. The molecule has 19 heavy (non-hydrogen) atoms. The fraction of sp³-hybridized carbons (Fsp3) is 0.600. The minimum atomic E-state index is 0.298. The molecule has 1 aromatic rings. The van der Waals surface area contributed by atoms with E-state index in [4.69, 9.17) is 9.47 Å². The lowest BCUT2D eigenvalue weighted by molar-refractivity contribution is 0.0255. The fourth-order valence-electron chi connectivity index (χ4n) is 2.15. The molecule has 3 nitrogen and oxygen atoms in total. The molecule has 0 unspecified atom stereocenters.